The van der Waals surface area contributed by atoms with Crippen molar-refractivity contribution < 1.29 is 82.5 Å². The quantitative estimate of drug-likeness (QED) is 0.0155. The zero-order valence-electron chi connectivity index (χ0n) is 58.7. The molecule has 6 aliphatic carbocycles. The van der Waals surface area contributed by atoms with Crippen LogP contribution in [-0.4, -0.2) is 112 Å². The van der Waals surface area contributed by atoms with Crippen molar-refractivity contribution >= 4 is 97.5 Å². The van der Waals surface area contributed by atoms with Crippen LogP contribution in [0.2, 0.25) is 0 Å². The normalized spacial score (nSPS) is 15.7. The van der Waals surface area contributed by atoms with Crippen LogP contribution in [0.15, 0.2) is 157 Å². The van der Waals surface area contributed by atoms with Crippen molar-refractivity contribution in [1.82, 2.24) is 10.6 Å². The lowest BCUT2D eigenvalue weighted by Crippen LogP contribution is -2.33. The Labute approximate surface area is 618 Å². The first kappa shape index (κ1) is 86.0. The zero-order valence-corrected chi connectivity index (χ0v) is 61.9. The van der Waals surface area contributed by atoms with Gasteiger partial charge in [-0.25, -0.2) is 53.9 Å². The van der Waals surface area contributed by atoms with E-state index in [4.69, 9.17) is 5.73 Å². The molecule has 4 N–H and O–H groups in total. The van der Waals surface area contributed by atoms with Gasteiger partial charge >= 0.3 is 17.9 Å². The lowest BCUT2D eigenvalue weighted by molar-refractivity contribution is -0.135. The summed E-state index contributed by atoms with van der Waals surface area (Å²) in [5.41, 5.74) is 14.4. The predicted molar refractivity (Wildman–Crippen MR) is 397 cm³/mol. The average Bonchev–Trinajstić information content (AvgIpc) is 1.61. The van der Waals surface area contributed by atoms with Crippen LogP contribution in [0.25, 0.3) is 28.9 Å². The van der Waals surface area contributed by atoms with Crippen LogP contribution in [0.5, 0.6) is 0 Å². The molecule has 0 heterocycles. The maximum atomic E-state index is 13.5. The summed E-state index contributed by atoms with van der Waals surface area (Å²) in [6.45, 7) is 10.5. The highest BCUT2D eigenvalue weighted by Gasteiger charge is 2.44. The Morgan fingerprint density at radius 3 is 1.05 bits per heavy atom. The van der Waals surface area contributed by atoms with E-state index in [0.717, 1.165) is 132 Å². The van der Waals surface area contributed by atoms with Crippen LogP contribution in [0.4, 0.5) is 39.5 Å². The molecule has 0 saturated heterocycles. The van der Waals surface area contributed by atoms with E-state index in [2.05, 4.69) is 175 Å². The number of allylic oxidation sites excluding steroid dienone is 3. The summed E-state index contributed by atoms with van der Waals surface area (Å²) in [4.78, 5) is 62.0. The molecule has 12 nitrogen and oxygen atoms in total. The SMILES string of the molecule is C=CC(=O)OC.COC(=O)/C=C/c1cc(F)c(C=O)c(F)c1.COC(=O)/C=C/c1cc(F)c(C=O)c(F)c1.C[C@@H](N)CC1=CCc2ccccc21.C[C@H](CC1=CCc2ccccc21)NCC1(F)CC1.C[C@H](CC1=CCc2ccccc21)NCC1(F)CC1.FC1(CBr)CC1.O=Cc1c(F)cc(Br)cc1F. The van der Waals surface area contributed by atoms with Crippen LogP contribution < -0.4 is 16.4 Å². The molecule has 12 rings (SSSR count). The van der Waals surface area contributed by atoms with E-state index in [1.165, 1.54) is 83.6 Å². The van der Waals surface area contributed by atoms with Gasteiger partial charge in [0.15, 0.2) is 18.9 Å². The predicted octanol–water partition coefficient (Wildman–Crippen LogP) is 18.1. The van der Waals surface area contributed by atoms with Gasteiger partial charge in [0.1, 0.15) is 51.9 Å². The molecule has 6 aromatic carbocycles. The Bertz CT molecular complexity index is 3860. The number of esters is 3. The molecule has 0 bridgehead atoms. The summed E-state index contributed by atoms with van der Waals surface area (Å²) in [6.07, 6.45) is 23.4. The van der Waals surface area contributed by atoms with E-state index in [0.29, 0.717) is 30.5 Å². The molecular weight excluding hydrogens is 1490 g/mol. The van der Waals surface area contributed by atoms with Crippen LogP contribution in [-0.2, 0) is 47.9 Å². The molecule has 0 aromatic heterocycles. The molecule has 3 atom stereocenters. The first-order chi connectivity index (χ1) is 49.5. The number of ether oxygens (including phenoxy) is 3. The number of nitrogens with two attached hydrogens (primary N) is 1. The molecular formula is C81H86Br2F9N3O9. The van der Waals surface area contributed by atoms with Crippen LogP contribution in [0.1, 0.15) is 154 Å². The Balaban J connectivity index is 0.000000218. The van der Waals surface area contributed by atoms with E-state index in [1.807, 2.05) is 0 Å². The lowest BCUT2D eigenvalue weighted by Gasteiger charge is -2.16. The maximum absolute atomic E-state index is 13.5. The third-order valence-corrected chi connectivity index (χ3v) is 18.2. The van der Waals surface area contributed by atoms with E-state index in [9.17, 15) is 68.3 Å². The molecule has 6 aliphatic rings. The highest BCUT2D eigenvalue weighted by Crippen LogP contribution is 2.42. The van der Waals surface area contributed by atoms with Crippen molar-refractivity contribution in [1.29, 1.82) is 0 Å². The minimum Gasteiger partial charge on any atom is -0.466 e. The van der Waals surface area contributed by atoms with Crippen molar-refractivity contribution in [2.24, 2.45) is 5.73 Å². The fraction of sp³-hybridized carbons (Fsp3) is 0.333. The minimum atomic E-state index is -0.973. The number of halogens is 11. The number of benzene rings is 6. The molecule has 0 aliphatic heterocycles. The molecule has 23 heteroatoms. The fourth-order valence-electron chi connectivity index (χ4n) is 10.2. The third kappa shape index (κ3) is 29.1. The van der Waals surface area contributed by atoms with Gasteiger partial charge in [-0.15, -0.1) is 0 Å². The van der Waals surface area contributed by atoms with Crippen molar-refractivity contribution in [2.45, 2.75) is 133 Å². The van der Waals surface area contributed by atoms with Gasteiger partial charge in [-0.1, -0.05) is 129 Å². The monoisotopic (exact) mass is 1570 g/mol. The fourth-order valence-corrected chi connectivity index (χ4v) is 11.2. The molecule has 104 heavy (non-hydrogen) atoms. The average molecular weight is 1580 g/mol. The lowest BCUT2D eigenvalue weighted by atomic mass is 10.0. The Morgan fingerprint density at radius 2 is 0.798 bits per heavy atom. The van der Waals surface area contributed by atoms with Gasteiger partial charge in [0.2, 0.25) is 0 Å². The number of hydrogen-bond acceptors (Lipinski definition) is 12. The third-order valence-electron chi connectivity index (χ3n) is 16.7. The smallest absolute Gasteiger partial charge is 0.330 e. The summed E-state index contributed by atoms with van der Waals surface area (Å²) >= 11 is 5.94. The highest BCUT2D eigenvalue weighted by atomic mass is 79.9. The number of fused-ring (bicyclic) bond motifs is 3. The van der Waals surface area contributed by atoms with Gasteiger partial charge in [-0.2, -0.15) is 0 Å². The summed E-state index contributed by atoms with van der Waals surface area (Å²) in [5, 5.41) is 7.18. The molecule has 0 unspecified atom stereocenters. The first-order valence-corrected chi connectivity index (χ1v) is 35.3. The van der Waals surface area contributed by atoms with E-state index >= 15 is 0 Å². The standard InChI is InChI=1S/2C16H20FN.C12H15N.2C11H8F2O3.C7H3BrF2O.C4H6BrF.C4H6O2/c2*1-12(18-11-16(17)8-9-16)10-14-7-6-13-4-2-3-5-15(13)14;1-9(13)8-11-7-6-10-4-2-3-5-12(10)11;2*1-16-11(15)3-2-7-4-9(12)8(6-14)10(13)5-7;8-4-1-6(9)5(3-11)7(10)2-4;5-3-4(6)1-2-4;1-3-4(5)6-2/h2*2-5,7,12,18H,6,8-11H2,1H3;2-5,7,9H,6,8,13H2,1H3;2*2-6H,1H3;1-3H;1-3H2;3H,1H2,2H3/b;;;2*3-2+;;;/t2*12-;9-;;;;;/m111...../s1. The van der Waals surface area contributed by atoms with Gasteiger partial charge in [0, 0.05) is 59.2 Å². The number of alkyl halides is 4. The maximum Gasteiger partial charge on any atom is 0.330 e. The number of carbonyl (C=O) groups is 6. The van der Waals surface area contributed by atoms with Gasteiger partial charge in [-0.05, 0) is 208 Å². The number of methoxy groups -OCH3 is 3. The van der Waals surface area contributed by atoms with Gasteiger partial charge in [-0.3, -0.25) is 14.4 Å². The topological polar surface area (TPSA) is 180 Å². The Kier molecular flexibility index (Phi) is 35.1. The molecule has 3 fully saturated rings. The Morgan fingerprint density at radius 1 is 0.500 bits per heavy atom. The molecule has 3 saturated carbocycles. The number of nitrogens with one attached hydrogen (secondary N) is 2. The molecule has 0 amide bonds. The zero-order chi connectivity index (χ0) is 76.7. The highest BCUT2D eigenvalue weighted by molar-refractivity contribution is 9.10. The number of hydrogen-bond donors (Lipinski definition) is 3. The van der Waals surface area contributed by atoms with Crippen molar-refractivity contribution in [3.8, 4) is 0 Å². The number of carbonyl (C=O) groups excluding carboxylic acids is 6. The van der Waals surface area contributed by atoms with Crippen LogP contribution in [0, 0.1) is 34.9 Å². The van der Waals surface area contributed by atoms with Crippen LogP contribution in [0.3, 0.4) is 0 Å². The van der Waals surface area contributed by atoms with Gasteiger partial charge < -0.3 is 30.6 Å². The summed E-state index contributed by atoms with van der Waals surface area (Å²) in [6, 6.07) is 32.5. The van der Waals surface area contributed by atoms with Crippen LogP contribution >= 0.6 is 31.9 Å². The largest absolute Gasteiger partial charge is 0.466 e. The van der Waals surface area contributed by atoms with E-state index in [-0.39, 0.29) is 40.5 Å². The minimum absolute atomic E-state index is 0.0957. The van der Waals surface area contributed by atoms with Crippen molar-refractivity contribution in [3.05, 3.63) is 253 Å². The molecule has 0 spiro atoms. The number of aldehydes is 3. The summed E-state index contributed by atoms with van der Waals surface area (Å²) < 4.78 is 130. The first-order valence-electron chi connectivity index (χ1n) is 33.4. The van der Waals surface area contributed by atoms with Crippen molar-refractivity contribution in [2.75, 3.05) is 39.7 Å². The number of rotatable bonds is 21. The molecule has 6 aromatic rings. The van der Waals surface area contributed by atoms with E-state index < -0.39 is 86.5 Å². The summed E-state index contributed by atoms with van der Waals surface area (Å²) in [5.74, 6) is -7.27. The second-order valence-corrected chi connectivity index (χ2v) is 26.9. The molecule has 0 radical (unpaired) electrons. The van der Waals surface area contributed by atoms with E-state index in [1.54, 1.807) is 0 Å². The summed E-state index contributed by atoms with van der Waals surface area (Å²) in [7, 11) is 3.68. The Hall–Kier alpha value is -8.61. The second kappa shape index (κ2) is 42.4. The molecule has 556 valence electrons. The van der Waals surface area contributed by atoms with Gasteiger partial charge in [0.05, 0.1) is 38.0 Å². The second-order valence-electron chi connectivity index (χ2n) is 25.4. The van der Waals surface area contributed by atoms with Crippen molar-refractivity contribution in [3.63, 3.8) is 0 Å². The van der Waals surface area contributed by atoms with Gasteiger partial charge in [0.25, 0.3) is 0 Å².